The highest BCUT2D eigenvalue weighted by Crippen LogP contribution is 2.28. The monoisotopic (exact) mass is 325 g/mol. The molecule has 0 N–H and O–H groups in total. The van der Waals surface area contributed by atoms with Gasteiger partial charge in [-0.15, -0.1) is 11.2 Å². The van der Waals surface area contributed by atoms with Crippen LogP contribution in [0.15, 0.2) is 0 Å². The van der Waals surface area contributed by atoms with Gasteiger partial charge in [0, 0.05) is 34.5 Å². The largest absolute Gasteiger partial charge is 0.427 e. The van der Waals surface area contributed by atoms with Gasteiger partial charge in [0.1, 0.15) is 0 Å². The molecular weight excluding hydrogens is 298 g/mol. The second-order valence-corrected chi connectivity index (χ2v) is 14.4. The van der Waals surface area contributed by atoms with E-state index in [2.05, 4.69) is 11.1 Å². The summed E-state index contributed by atoms with van der Waals surface area (Å²) in [7, 11) is 3.00. The van der Waals surface area contributed by atoms with E-state index >= 15 is 0 Å². The Balaban J connectivity index is 2.33. The lowest BCUT2D eigenvalue weighted by Crippen LogP contribution is -2.53. The van der Waals surface area contributed by atoms with Crippen molar-refractivity contribution in [2.75, 3.05) is 47.3 Å². The molecule has 0 spiro atoms. The summed E-state index contributed by atoms with van der Waals surface area (Å²) in [6.45, 7) is 4.22. The number of nitrogens with zero attached hydrogens (tertiary/aromatic N) is 1. The van der Waals surface area contributed by atoms with Crippen molar-refractivity contribution in [2.45, 2.75) is 25.4 Å². The molecule has 0 aliphatic carbocycles. The van der Waals surface area contributed by atoms with Crippen LogP contribution in [0.3, 0.4) is 0 Å². The maximum absolute atomic E-state index is 5.70. The number of rotatable bonds is 9. The second kappa shape index (κ2) is 8.13. The van der Waals surface area contributed by atoms with Gasteiger partial charge < -0.3 is 17.7 Å². The van der Waals surface area contributed by atoms with Crippen molar-refractivity contribution in [3.8, 4) is 0 Å². The molecule has 1 saturated heterocycles. The van der Waals surface area contributed by atoms with Gasteiger partial charge in [-0.1, -0.05) is 0 Å². The molecule has 114 valence electrons. The molecule has 19 heavy (non-hydrogen) atoms. The summed E-state index contributed by atoms with van der Waals surface area (Å²) < 4.78 is 24.7. The molecule has 0 atom stereocenters. The molecule has 0 radical (unpaired) electrons. The van der Waals surface area contributed by atoms with E-state index in [-0.39, 0.29) is 0 Å². The molecular formula is C11H27NO4SSi2. The van der Waals surface area contributed by atoms with E-state index in [0.29, 0.717) is 0 Å². The summed E-state index contributed by atoms with van der Waals surface area (Å²) in [6, 6.07) is 1.08. The lowest BCUT2D eigenvalue weighted by atomic mass is 10.4. The van der Waals surface area contributed by atoms with Gasteiger partial charge in [0.15, 0.2) is 0 Å². The zero-order valence-electron chi connectivity index (χ0n) is 12.7. The number of hydrogen-bond donors (Lipinski definition) is 0. The van der Waals surface area contributed by atoms with Crippen LogP contribution in [-0.2, 0) is 17.7 Å². The van der Waals surface area contributed by atoms with Gasteiger partial charge in [-0.2, -0.15) is 0 Å². The van der Waals surface area contributed by atoms with Gasteiger partial charge in [-0.05, 0) is 38.2 Å². The van der Waals surface area contributed by atoms with Crippen molar-refractivity contribution in [2.24, 2.45) is 0 Å². The van der Waals surface area contributed by atoms with Crippen molar-refractivity contribution in [1.82, 2.24) is 4.57 Å². The SMILES string of the molecule is CO[Si](C)(OC)SCCCN1CCC[Si]1(OC)OC. The van der Waals surface area contributed by atoms with E-state index < -0.39 is 16.4 Å². The Morgan fingerprint density at radius 3 is 2.32 bits per heavy atom. The van der Waals surface area contributed by atoms with E-state index in [1.54, 1.807) is 28.4 Å². The fourth-order valence-corrected chi connectivity index (χ4v) is 8.67. The molecule has 1 aliphatic rings. The molecule has 1 heterocycles. The molecule has 0 amide bonds. The maximum atomic E-state index is 5.70. The minimum atomic E-state index is -2.05. The minimum absolute atomic E-state index is 1.04. The topological polar surface area (TPSA) is 40.2 Å². The third-order valence-electron chi connectivity index (χ3n) is 3.72. The molecule has 0 bridgehead atoms. The third-order valence-corrected chi connectivity index (χ3v) is 13.1. The van der Waals surface area contributed by atoms with Gasteiger partial charge in [-0.3, -0.25) is 4.57 Å². The van der Waals surface area contributed by atoms with Gasteiger partial charge >= 0.3 is 16.4 Å². The summed E-state index contributed by atoms with van der Waals surface area (Å²) in [4.78, 5) is 0. The zero-order valence-corrected chi connectivity index (χ0v) is 15.5. The van der Waals surface area contributed by atoms with Crippen LogP contribution in [0.25, 0.3) is 0 Å². The lowest BCUT2D eigenvalue weighted by Gasteiger charge is -2.32. The Hall–Kier alpha value is 0.584. The molecule has 0 unspecified atom stereocenters. The molecule has 1 rings (SSSR count). The van der Waals surface area contributed by atoms with Gasteiger partial charge in [0.25, 0.3) is 0 Å². The Morgan fingerprint density at radius 1 is 1.16 bits per heavy atom. The van der Waals surface area contributed by atoms with Crippen LogP contribution >= 0.6 is 11.2 Å². The average molecular weight is 326 g/mol. The van der Waals surface area contributed by atoms with Crippen molar-refractivity contribution in [1.29, 1.82) is 0 Å². The Morgan fingerprint density at radius 2 is 1.79 bits per heavy atom. The normalized spacial score (nSPS) is 20.1. The average Bonchev–Trinajstić information content (AvgIpc) is 2.86. The van der Waals surface area contributed by atoms with Crippen LogP contribution in [0.5, 0.6) is 0 Å². The van der Waals surface area contributed by atoms with Crippen LogP contribution in [0.1, 0.15) is 12.8 Å². The highest BCUT2D eigenvalue weighted by atomic mass is 32.4. The smallest absolute Gasteiger partial charge is 0.390 e. The Bertz CT molecular complexity index is 265. The molecule has 5 nitrogen and oxygen atoms in total. The fourth-order valence-electron chi connectivity index (χ4n) is 2.36. The zero-order chi connectivity index (χ0) is 14.4. The van der Waals surface area contributed by atoms with Gasteiger partial charge in [0.2, 0.25) is 0 Å². The van der Waals surface area contributed by atoms with E-state index in [1.165, 1.54) is 6.42 Å². The van der Waals surface area contributed by atoms with E-state index in [0.717, 1.165) is 31.3 Å². The van der Waals surface area contributed by atoms with Crippen molar-refractivity contribution < 1.29 is 17.7 Å². The highest BCUT2D eigenvalue weighted by molar-refractivity contribution is 8.27. The standard InChI is InChI=1S/C11H27NO4SSi2/c1-13-18(5,14-2)17-10-6-8-12-9-7-11-19(12,15-3)16-4/h6-11H2,1-5H3. The van der Waals surface area contributed by atoms with E-state index in [4.69, 9.17) is 17.7 Å². The Kier molecular flexibility index (Phi) is 7.55. The third kappa shape index (κ3) is 4.53. The fraction of sp³-hybridized carbons (Fsp3) is 1.00. The summed E-state index contributed by atoms with van der Waals surface area (Å²) in [5, 5.41) is 0. The van der Waals surface area contributed by atoms with Crippen LogP contribution in [0, 0.1) is 0 Å². The number of hydrogen-bond acceptors (Lipinski definition) is 6. The lowest BCUT2D eigenvalue weighted by molar-refractivity contribution is 0.182. The van der Waals surface area contributed by atoms with Crippen LogP contribution < -0.4 is 0 Å². The molecule has 0 saturated carbocycles. The Labute approximate surface area is 123 Å². The van der Waals surface area contributed by atoms with Crippen LogP contribution in [0.4, 0.5) is 0 Å². The molecule has 0 aromatic rings. The highest BCUT2D eigenvalue weighted by Gasteiger charge is 2.46. The molecule has 1 aliphatic heterocycles. The minimum Gasteiger partial charge on any atom is -0.390 e. The summed E-state index contributed by atoms with van der Waals surface area (Å²) >= 11 is 1.82. The molecule has 0 aromatic carbocycles. The summed E-state index contributed by atoms with van der Waals surface area (Å²) in [5.41, 5.74) is 0. The van der Waals surface area contributed by atoms with Crippen LogP contribution in [0.2, 0.25) is 12.6 Å². The quantitative estimate of drug-likeness (QED) is 0.476. The summed E-state index contributed by atoms with van der Waals surface area (Å²) in [5.74, 6) is 1.05. The van der Waals surface area contributed by atoms with Crippen molar-refractivity contribution in [3.63, 3.8) is 0 Å². The first-order chi connectivity index (χ1) is 9.05. The molecule has 1 fully saturated rings. The summed E-state index contributed by atoms with van der Waals surface area (Å²) in [6.07, 6.45) is 2.30. The van der Waals surface area contributed by atoms with Gasteiger partial charge in [0.05, 0.1) is 0 Å². The predicted molar refractivity (Wildman–Crippen MR) is 83.5 cm³/mol. The van der Waals surface area contributed by atoms with Gasteiger partial charge in [-0.25, -0.2) is 0 Å². The van der Waals surface area contributed by atoms with Crippen LogP contribution in [-0.4, -0.2) is 68.3 Å². The molecule has 0 aromatic heterocycles. The van der Waals surface area contributed by atoms with E-state index in [1.807, 2.05) is 11.2 Å². The maximum Gasteiger partial charge on any atom is 0.427 e. The van der Waals surface area contributed by atoms with Crippen molar-refractivity contribution in [3.05, 3.63) is 0 Å². The van der Waals surface area contributed by atoms with E-state index in [9.17, 15) is 0 Å². The first kappa shape index (κ1) is 17.6. The first-order valence-corrected chi connectivity index (χ1v) is 12.6. The first-order valence-electron chi connectivity index (χ1n) is 6.65. The predicted octanol–water partition coefficient (Wildman–Crippen LogP) is 1.91. The second-order valence-electron chi connectivity index (χ2n) is 4.68. The molecule has 8 heteroatoms. The van der Waals surface area contributed by atoms with Crippen molar-refractivity contribution >= 4 is 27.6 Å².